The van der Waals surface area contributed by atoms with Gasteiger partial charge in [-0.2, -0.15) is 5.10 Å². The summed E-state index contributed by atoms with van der Waals surface area (Å²) in [5.74, 6) is 1.45. The van der Waals surface area contributed by atoms with Gasteiger partial charge in [-0.1, -0.05) is 12.1 Å². The number of hydrogen-bond acceptors (Lipinski definition) is 4. The molecule has 7 heteroatoms. The van der Waals surface area contributed by atoms with Crippen LogP contribution in [0.2, 0.25) is 0 Å². The Kier molecular flexibility index (Phi) is 5.04. The zero-order chi connectivity index (χ0) is 17.8. The first-order chi connectivity index (χ1) is 12.1. The van der Waals surface area contributed by atoms with E-state index in [1.807, 2.05) is 24.3 Å². The van der Waals surface area contributed by atoms with Crippen molar-refractivity contribution in [1.29, 1.82) is 0 Å². The molecule has 0 spiro atoms. The molecular formula is C18H16BrN3O3. The zero-order valence-electron chi connectivity index (χ0n) is 13.7. The number of carbonyl (C=O) groups is 1. The van der Waals surface area contributed by atoms with E-state index in [9.17, 15) is 4.79 Å². The lowest BCUT2D eigenvalue weighted by atomic mass is 10.1. The number of aromatic nitrogens is 2. The molecule has 128 valence electrons. The first-order valence-electron chi connectivity index (χ1n) is 7.46. The topological polar surface area (TPSA) is 76.2 Å². The molecule has 0 aliphatic heterocycles. The van der Waals surface area contributed by atoms with Gasteiger partial charge in [0.05, 0.1) is 25.5 Å². The molecule has 0 fully saturated rings. The number of ether oxygens (including phenoxy) is 2. The molecule has 0 bridgehead atoms. The monoisotopic (exact) mass is 401 g/mol. The Morgan fingerprint density at radius 3 is 2.68 bits per heavy atom. The molecule has 0 saturated carbocycles. The van der Waals surface area contributed by atoms with Gasteiger partial charge in [0.25, 0.3) is 5.91 Å². The van der Waals surface area contributed by atoms with Gasteiger partial charge in [-0.05, 0) is 46.3 Å². The van der Waals surface area contributed by atoms with E-state index in [1.165, 1.54) is 0 Å². The van der Waals surface area contributed by atoms with Crippen molar-refractivity contribution < 1.29 is 14.3 Å². The third-order valence-electron chi connectivity index (χ3n) is 3.63. The molecule has 0 radical (unpaired) electrons. The SMILES string of the molecule is COc1ccc(Br)c(C(=O)Nc2cc(-c3ccccc3OC)[nH]n2)c1. The number of hydrogen-bond donors (Lipinski definition) is 2. The third-order valence-corrected chi connectivity index (χ3v) is 4.33. The van der Waals surface area contributed by atoms with E-state index in [0.29, 0.717) is 21.6 Å². The Morgan fingerprint density at radius 2 is 1.92 bits per heavy atom. The number of halogens is 1. The average Bonchev–Trinajstić information content (AvgIpc) is 3.10. The van der Waals surface area contributed by atoms with Gasteiger partial charge in [0, 0.05) is 16.1 Å². The predicted octanol–water partition coefficient (Wildman–Crippen LogP) is 4.11. The van der Waals surface area contributed by atoms with E-state index in [2.05, 4.69) is 31.4 Å². The van der Waals surface area contributed by atoms with Crippen LogP contribution in [0.4, 0.5) is 5.82 Å². The molecule has 1 amide bonds. The van der Waals surface area contributed by atoms with E-state index >= 15 is 0 Å². The number of para-hydroxylation sites is 1. The molecule has 0 saturated heterocycles. The lowest BCUT2D eigenvalue weighted by molar-refractivity contribution is 0.102. The highest BCUT2D eigenvalue weighted by Crippen LogP contribution is 2.29. The molecule has 1 aromatic heterocycles. The van der Waals surface area contributed by atoms with Crippen LogP contribution in [-0.4, -0.2) is 30.3 Å². The highest BCUT2D eigenvalue weighted by atomic mass is 79.9. The average molecular weight is 402 g/mol. The maximum Gasteiger partial charge on any atom is 0.258 e. The van der Waals surface area contributed by atoms with Crippen molar-refractivity contribution in [3.05, 3.63) is 58.6 Å². The highest BCUT2D eigenvalue weighted by Gasteiger charge is 2.14. The van der Waals surface area contributed by atoms with Crippen molar-refractivity contribution in [3.63, 3.8) is 0 Å². The van der Waals surface area contributed by atoms with Gasteiger partial charge >= 0.3 is 0 Å². The predicted molar refractivity (Wildman–Crippen MR) is 99.2 cm³/mol. The van der Waals surface area contributed by atoms with E-state index in [0.717, 1.165) is 17.0 Å². The Bertz CT molecular complexity index is 908. The van der Waals surface area contributed by atoms with Crippen molar-refractivity contribution in [2.45, 2.75) is 0 Å². The van der Waals surface area contributed by atoms with Gasteiger partial charge < -0.3 is 14.8 Å². The third kappa shape index (κ3) is 3.66. The van der Waals surface area contributed by atoms with Crippen LogP contribution in [0, 0.1) is 0 Å². The molecule has 3 aromatic rings. The largest absolute Gasteiger partial charge is 0.497 e. The normalized spacial score (nSPS) is 10.4. The van der Waals surface area contributed by atoms with Crippen molar-refractivity contribution >= 4 is 27.7 Å². The number of anilines is 1. The minimum absolute atomic E-state index is 0.288. The molecule has 3 rings (SSSR count). The number of methoxy groups -OCH3 is 2. The van der Waals surface area contributed by atoms with Gasteiger partial charge in [0.15, 0.2) is 5.82 Å². The summed E-state index contributed by atoms with van der Waals surface area (Å²) in [5, 5.41) is 9.83. The number of carbonyl (C=O) groups excluding carboxylic acids is 1. The van der Waals surface area contributed by atoms with Gasteiger partial charge in [-0.15, -0.1) is 0 Å². The molecular weight excluding hydrogens is 386 g/mol. The van der Waals surface area contributed by atoms with Crippen LogP contribution in [0.1, 0.15) is 10.4 Å². The highest BCUT2D eigenvalue weighted by molar-refractivity contribution is 9.10. The first-order valence-corrected chi connectivity index (χ1v) is 8.25. The summed E-state index contributed by atoms with van der Waals surface area (Å²) < 4.78 is 11.2. The number of aromatic amines is 1. The standard InChI is InChI=1S/C18H16BrN3O3/c1-24-11-7-8-14(19)13(9-11)18(23)20-17-10-15(21-22-17)12-5-3-4-6-16(12)25-2/h3-10H,1-2H3,(H2,20,21,22,23). The van der Waals surface area contributed by atoms with Crippen molar-refractivity contribution in [3.8, 4) is 22.8 Å². The van der Waals surface area contributed by atoms with Gasteiger partial charge in [0.2, 0.25) is 0 Å². The van der Waals surface area contributed by atoms with E-state index < -0.39 is 0 Å². The number of amides is 1. The Balaban J connectivity index is 1.83. The minimum Gasteiger partial charge on any atom is -0.497 e. The summed E-state index contributed by atoms with van der Waals surface area (Å²) in [6.45, 7) is 0. The number of H-pyrrole nitrogens is 1. The number of nitrogens with zero attached hydrogens (tertiary/aromatic N) is 1. The first kappa shape index (κ1) is 17.0. The summed E-state index contributed by atoms with van der Waals surface area (Å²) in [6, 6.07) is 14.5. The van der Waals surface area contributed by atoms with Gasteiger partial charge in [-0.3, -0.25) is 9.89 Å². The molecule has 1 heterocycles. The molecule has 25 heavy (non-hydrogen) atoms. The second-order valence-corrected chi connectivity index (χ2v) is 6.02. The number of rotatable bonds is 5. The maximum atomic E-state index is 12.5. The summed E-state index contributed by atoms with van der Waals surface area (Å²) >= 11 is 3.37. The molecule has 2 aromatic carbocycles. The maximum absolute atomic E-state index is 12.5. The van der Waals surface area contributed by atoms with E-state index in [1.54, 1.807) is 38.5 Å². The van der Waals surface area contributed by atoms with Gasteiger partial charge in [-0.25, -0.2) is 0 Å². The second-order valence-electron chi connectivity index (χ2n) is 5.17. The lowest BCUT2D eigenvalue weighted by Gasteiger charge is -2.07. The smallest absolute Gasteiger partial charge is 0.258 e. The van der Waals surface area contributed by atoms with Crippen molar-refractivity contribution in [2.24, 2.45) is 0 Å². The van der Waals surface area contributed by atoms with Crippen LogP contribution >= 0.6 is 15.9 Å². The molecule has 0 atom stereocenters. The van der Waals surface area contributed by atoms with Crippen LogP contribution in [0.25, 0.3) is 11.3 Å². The van der Waals surface area contributed by atoms with E-state index in [-0.39, 0.29) is 5.91 Å². The van der Waals surface area contributed by atoms with Gasteiger partial charge in [0.1, 0.15) is 11.5 Å². The Labute approximate surface area is 153 Å². The molecule has 6 nitrogen and oxygen atoms in total. The molecule has 0 aliphatic carbocycles. The zero-order valence-corrected chi connectivity index (χ0v) is 15.3. The fourth-order valence-electron chi connectivity index (χ4n) is 2.38. The Hall–Kier alpha value is -2.80. The number of nitrogens with one attached hydrogen (secondary N) is 2. The van der Waals surface area contributed by atoms with Crippen LogP contribution in [0.5, 0.6) is 11.5 Å². The number of benzene rings is 2. The fraction of sp³-hybridized carbons (Fsp3) is 0.111. The second kappa shape index (κ2) is 7.40. The summed E-state index contributed by atoms with van der Waals surface area (Å²) in [5.41, 5.74) is 2.07. The molecule has 0 aliphatic rings. The van der Waals surface area contributed by atoms with Crippen LogP contribution in [-0.2, 0) is 0 Å². The summed E-state index contributed by atoms with van der Waals surface area (Å²) in [6.07, 6.45) is 0. The fourth-order valence-corrected chi connectivity index (χ4v) is 2.81. The quantitative estimate of drug-likeness (QED) is 0.674. The molecule has 2 N–H and O–H groups in total. The minimum atomic E-state index is -0.288. The van der Waals surface area contributed by atoms with Crippen molar-refractivity contribution in [2.75, 3.05) is 19.5 Å². The summed E-state index contributed by atoms with van der Waals surface area (Å²) in [7, 11) is 3.16. The lowest BCUT2D eigenvalue weighted by Crippen LogP contribution is -2.13. The summed E-state index contributed by atoms with van der Waals surface area (Å²) in [4.78, 5) is 12.5. The van der Waals surface area contributed by atoms with Crippen LogP contribution in [0.3, 0.4) is 0 Å². The Morgan fingerprint density at radius 1 is 1.12 bits per heavy atom. The van der Waals surface area contributed by atoms with Crippen LogP contribution in [0.15, 0.2) is 53.0 Å². The van der Waals surface area contributed by atoms with E-state index in [4.69, 9.17) is 9.47 Å². The van der Waals surface area contributed by atoms with Crippen molar-refractivity contribution in [1.82, 2.24) is 10.2 Å². The van der Waals surface area contributed by atoms with Crippen LogP contribution < -0.4 is 14.8 Å². The molecule has 0 unspecified atom stereocenters.